The van der Waals surface area contributed by atoms with Crippen LogP contribution in [-0.2, 0) is 4.79 Å². The number of para-hydroxylation sites is 1. The Kier molecular flexibility index (Phi) is 6.15. The highest BCUT2D eigenvalue weighted by Gasteiger charge is 2.19. The first-order valence-corrected chi connectivity index (χ1v) is 9.68. The third-order valence-electron chi connectivity index (χ3n) is 3.75. The van der Waals surface area contributed by atoms with Gasteiger partial charge in [-0.15, -0.1) is 0 Å². The van der Waals surface area contributed by atoms with Crippen molar-refractivity contribution in [1.82, 2.24) is 10.9 Å². The van der Waals surface area contributed by atoms with E-state index in [1.54, 1.807) is 36.4 Å². The van der Waals surface area contributed by atoms with Gasteiger partial charge < -0.3 is 9.15 Å². The molecule has 0 aliphatic heterocycles. The van der Waals surface area contributed by atoms with Crippen molar-refractivity contribution < 1.29 is 18.7 Å². The van der Waals surface area contributed by atoms with E-state index in [9.17, 15) is 14.4 Å². The lowest BCUT2D eigenvalue weighted by atomic mass is 10.2. The third kappa shape index (κ3) is 4.60. The van der Waals surface area contributed by atoms with Gasteiger partial charge in [-0.1, -0.05) is 28.1 Å². The monoisotopic (exact) mass is 508 g/mol. The molecule has 2 amide bonds. The van der Waals surface area contributed by atoms with Gasteiger partial charge in [-0.25, -0.2) is 4.79 Å². The molecule has 0 radical (unpaired) electrons. The van der Waals surface area contributed by atoms with Crippen LogP contribution in [0.4, 0.5) is 0 Å². The third-order valence-corrected chi connectivity index (χ3v) is 4.90. The van der Waals surface area contributed by atoms with Crippen LogP contribution in [-0.4, -0.2) is 17.9 Å². The average molecular weight is 510 g/mol. The van der Waals surface area contributed by atoms with Gasteiger partial charge in [0.25, 0.3) is 11.8 Å². The average Bonchev–Trinajstić information content (AvgIpc) is 2.67. The summed E-state index contributed by atoms with van der Waals surface area (Å²) in [5.41, 5.74) is 3.75. The van der Waals surface area contributed by atoms with Crippen LogP contribution in [0.1, 0.15) is 17.3 Å². The molecular formula is C19H14Br2N2O5. The minimum absolute atomic E-state index is 0.231. The smallest absolute Gasteiger partial charge is 0.349 e. The Hall–Kier alpha value is -2.65. The number of benzene rings is 2. The summed E-state index contributed by atoms with van der Waals surface area (Å²) in [6.07, 6.45) is -0.886. The van der Waals surface area contributed by atoms with Crippen LogP contribution in [0.15, 0.2) is 66.7 Å². The second-order valence-corrected chi connectivity index (χ2v) is 7.53. The zero-order valence-corrected chi connectivity index (χ0v) is 17.7. The SMILES string of the molecule is C[C@@H](Oc1ccccc1Br)C(=O)NNC(=O)c1cc2cc(Br)ccc2oc1=O. The van der Waals surface area contributed by atoms with Crippen molar-refractivity contribution >= 4 is 54.6 Å². The topological polar surface area (TPSA) is 97.6 Å². The zero-order valence-electron chi connectivity index (χ0n) is 14.5. The van der Waals surface area contributed by atoms with E-state index in [0.29, 0.717) is 21.2 Å². The molecule has 0 aliphatic carbocycles. The molecule has 2 aromatic carbocycles. The minimum atomic E-state index is -0.886. The lowest BCUT2D eigenvalue weighted by Crippen LogP contribution is -2.48. The molecule has 0 unspecified atom stereocenters. The van der Waals surface area contributed by atoms with Gasteiger partial charge in [-0.3, -0.25) is 20.4 Å². The molecule has 0 fully saturated rings. The maximum Gasteiger partial charge on any atom is 0.349 e. The Morgan fingerprint density at radius 2 is 1.82 bits per heavy atom. The van der Waals surface area contributed by atoms with Crippen molar-refractivity contribution in [1.29, 1.82) is 0 Å². The summed E-state index contributed by atoms with van der Waals surface area (Å²) in [5, 5.41) is 0.566. The Balaban J connectivity index is 1.67. The van der Waals surface area contributed by atoms with Gasteiger partial charge in [0.1, 0.15) is 16.9 Å². The van der Waals surface area contributed by atoms with E-state index in [4.69, 9.17) is 9.15 Å². The number of halogens is 2. The fourth-order valence-corrected chi connectivity index (χ4v) is 3.08. The van der Waals surface area contributed by atoms with E-state index >= 15 is 0 Å². The van der Waals surface area contributed by atoms with E-state index in [1.165, 1.54) is 13.0 Å². The molecule has 28 heavy (non-hydrogen) atoms. The van der Waals surface area contributed by atoms with Crippen LogP contribution >= 0.6 is 31.9 Å². The second-order valence-electron chi connectivity index (χ2n) is 5.76. The number of rotatable bonds is 4. The van der Waals surface area contributed by atoms with Gasteiger partial charge in [0.2, 0.25) is 0 Å². The first-order valence-electron chi connectivity index (χ1n) is 8.10. The Labute approximate surface area is 176 Å². The molecule has 2 N–H and O–H groups in total. The summed E-state index contributed by atoms with van der Waals surface area (Å²) in [4.78, 5) is 36.5. The van der Waals surface area contributed by atoms with Gasteiger partial charge in [0, 0.05) is 9.86 Å². The van der Waals surface area contributed by atoms with Gasteiger partial charge in [0.05, 0.1) is 4.47 Å². The van der Waals surface area contributed by atoms with E-state index < -0.39 is 23.5 Å². The molecule has 144 valence electrons. The Bertz CT molecular complexity index is 1110. The molecule has 3 rings (SSSR count). The molecule has 0 saturated carbocycles. The molecule has 1 heterocycles. The number of hydrazine groups is 1. The molecule has 9 heteroatoms. The quantitative estimate of drug-likeness (QED) is 0.414. The van der Waals surface area contributed by atoms with Gasteiger partial charge in [-0.2, -0.15) is 0 Å². The van der Waals surface area contributed by atoms with Crippen LogP contribution in [0, 0.1) is 0 Å². The maximum absolute atomic E-state index is 12.3. The van der Waals surface area contributed by atoms with Crippen molar-refractivity contribution in [2.75, 3.05) is 0 Å². The second kappa shape index (κ2) is 8.57. The fraction of sp³-hybridized carbons (Fsp3) is 0.105. The lowest BCUT2D eigenvalue weighted by molar-refractivity contribution is -0.128. The molecule has 0 bridgehead atoms. The number of carbonyl (C=O) groups is 2. The molecule has 3 aromatic rings. The summed E-state index contributed by atoms with van der Waals surface area (Å²) in [6, 6.07) is 13.5. The first kappa shape index (κ1) is 20.1. The van der Waals surface area contributed by atoms with Gasteiger partial charge in [-0.05, 0) is 59.3 Å². The molecule has 0 spiro atoms. The number of ether oxygens (including phenoxy) is 1. The van der Waals surface area contributed by atoms with Crippen molar-refractivity contribution in [2.24, 2.45) is 0 Å². The fourth-order valence-electron chi connectivity index (χ4n) is 2.32. The van der Waals surface area contributed by atoms with Crippen molar-refractivity contribution in [2.45, 2.75) is 13.0 Å². The minimum Gasteiger partial charge on any atom is -0.480 e. The van der Waals surface area contributed by atoms with E-state index in [-0.39, 0.29) is 5.56 Å². The van der Waals surface area contributed by atoms with Crippen LogP contribution < -0.4 is 21.2 Å². The Morgan fingerprint density at radius 1 is 1.07 bits per heavy atom. The van der Waals surface area contributed by atoms with E-state index in [2.05, 4.69) is 42.7 Å². The van der Waals surface area contributed by atoms with Crippen molar-refractivity contribution in [3.63, 3.8) is 0 Å². The molecule has 0 saturated heterocycles. The molecule has 0 aliphatic rings. The first-order chi connectivity index (χ1) is 13.3. The molecule has 1 aromatic heterocycles. The van der Waals surface area contributed by atoms with Crippen molar-refractivity contribution in [3.05, 3.63) is 73.5 Å². The largest absolute Gasteiger partial charge is 0.480 e. The molecule has 1 atom stereocenters. The number of amides is 2. The number of hydrogen-bond donors (Lipinski definition) is 2. The highest BCUT2D eigenvalue weighted by Crippen LogP contribution is 2.24. The number of hydrogen-bond acceptors (Lipinski definition) is 5. The number of nitrogens with one attached hydrogen (secondary N) is 2. The number of carbonyl (C=O) groups excluding carboxylic acids is 2. The standard InChI is InChI=1S/C19H14Br2N2O5/c1-10(27-16-5-3-2-4-14(16)21)17(24)22-23-18(25)13-9-11-8-12(20)6-7-15(11)28-19(13)26/h2-10H,1H3,(H,22,24)(H,23,25)/t10-/m1/s1. The molecule has 7 nitrogen and oxygen atoms in total. The zero-order chi connectivity index (χ0) is 20.3. The normalized spacial score (nSPS) is 11.7. The predicted molar refractivity (Wildman–Crippen MR) is 110 cm³/mol. The van der Waals surface area contributed by atoms with E-state index in [1.807, 2.05) is 6.07 Å². The maximum atomic E-state index is 12.3. The molecular weight excluding hydrogens is 496 g/mol. The van der Waals surface area contributed by atoms with Crippen molar-refractivity contribution in [3.8, 4) is 5.75 Å². The van der Waals surface area contributed by atoms with Crippen LogP contribution in [0.5, 0.6) is 5.75 Å². The Morgan fingerprint density at radius 3 is 2.57 bits per heavy atom. The summed E-state index contributed by atoms with van der Waals surface area (Å²) < 4.78 is 12.1. The van der Waals surface area contributed by atoms with Crippen LogP contribution in [0.3, 0.4) is 0 Å². The van der Waals surface area contributed by atoms with Gasteiger partial charge in [0.15, 0.2) is 6.10 Å². The van der Waals surface area contributed by atoms with E-state index in [0.717, 1.165) is 4.47 Å². The highest BCUT2D eigenvalue weighted by atomic mass is 79.9. The highest BCUT2D eigenvalue weighted by molar-refractivity contribution is 9.10. The van der Waals surface area contributed by atoms with Crippen LogP contribution in [0.2, 0.25) is 0 Å². The predicted octanol–water partition coefficient (Wildman–Crippen LogP) is 3.55. The summed E-state index contributed by atoms with van der Waals surface area (Å²) in [6.45, 7) is 1.53. The van der Waals surface area contributed by atoms with Gasteiger partial charge >= 0.3 is 5.63 Å². The number of fused-ring (bicyclic) bond motifs is 1. The van der Waals surface area contributed by atoms with Crippen LogP contribution in [0.25, 0.3) is 11.0 Å². The summed E-state index contributed by atoms with van der Waals surface area (Å²) >= 11 is 6.64. The lowest BCUT2D eigenvalue weighted by Gasteiger charge is -2.16. The summed E-state index contributed by atoms with van der Waals surface area (Å²) in [5.74, 6) is -0.897. The summed E-state index contributed by atoms with van der Waals surface area (Å²) in [7, 11) is 0.